The Morgan fingerprint density at radius 2 is 2.00 bits per heavy atom. The van der Waals surface area contributed by atoms with Gasteiger partial charge in [-0.05, 0) is 18.2 Å². The number of halogens is 2. The van der Waals surface area contributed by atoms with Crippen LogP contribution in [-0.4, -0.2) is 38.4 Å². The van der Waals surface area contributed by atoms with E-state index in [0.717, 1.165) is 0 Å². The average molecular weight is 309 g/mol. The molecule has 1 aromatic carbocycles. The third kappa shape index (κ3) is 2.51. The third-order valence-corrected chi connectivity index (χ3v) is 5.74. The molecule has 0 bridgehead atoms. The van der Waals surface area contributed by atoms with Crippen molar-refractivity contribution in [1.29, 1.82) is 0 Å². The van der Waals surface area contributed by atoms with E-state index >= 15 is 0 Å². The second-order valence-electron chi connectivity index (χ2n) is 4.10. The minimum atomic E-state index is -3.50. The summed E-state index contributed by atoms with van der Waals surface area (Å²) in [4.78, 5) is 0.186. The lowest BCUT2D eigenvalue weighted by Gasteiger charge is -2.36. The number of nitrogens with one attached hydrogen (secondary N) is 1. The quantitative estimate of drug-likeness (QED) is 0.925. The van der Waals surface area contributed by atoms with Gasteiger partial charge in [0.15, 0.2) is 0 Å². The molecule has 0 amide bonds. The molecular formula is C11H14Cl2N2O2S. The van der Waals surface area contributed by atoms with Gasteiger partial charge in [-0.2, -0.15) is 4.31 Å². The Morgan fingerprint density at radius 1 is 1.33 bits per heavy atom. The maximum atomic E-state index is 12.5. The van der Waals surface area contributed by atoms with Gasteiger partial charge in [0.2, 0.25) is 10.0 Å². The summed E-state index contributed by atoms with van der Waals surface area (Å²) in [6, 6.07) is 4.41. The van der Waals surface area contributed by atoms with Crippen molar-refractivity contribution < 1.29 is 8.42 Å². The summed E-state index contributed by atoms with van der Waals surface area (Å²) >= 11 is 11.7. The predicted octanol–water partition coefficient (Wildman–Crippen LogP) is 1.98. The van der Waals surface area contributed by atoms with Crippen molar-refractivity contribution in [2.24, 2.45) is 0 Å². The summed E-state index contributed by atoms with van der Waals surface area (Å²) in [6.45, 7) is 3.64. The van der Waals surface area contributed by atoms with E-state index in [1.807, 2.05) is 6.92 Å². The summed E-state index contributed by atoms with van der Waals surface area (Å²) in [5, 5.41) is 3.67. The van der Waals surface area contributed by atoms with E-state index in [1.54, 1.807) is 0 Å². The number of rotatable bonds is 4. The zero-order chi connectivity index (χ0) is 13.3. The molecule has 4 nitrogen and oxygen atoms in total. The highest BCUT2D eigenvalue weighted by Gasteiger charge is 2.33. The van der Waals surface area contributed by atoms with E-state index in [-0.39, 0.29) is 16.0 Å². The Kier molecular flexibility index (Phi) is 4.18. The van der Waals surface area contributed by atoms with E-state index in [4.69, 9.17) is 23.2 Å². The van der Waals surface area contributed by atoms with Crippen molar-refractivity contribution >= 4 is 33.2 Å². The highest BCUT2D eigenvalue weighted by molar-refractivity contribution is 7.89. The van der Waals surface area contributed by atoms with Crippen molar-refractivity contribution in [3.63, 3.8) is 0 Å². The molecule has 0 saturated carbocycles. The molecule has 1 N–H and O–H groups in total. The smallest absolute Gasteiger partial charge is 0.243 e. The molecule has 1 heterocycles. The summed E-state index contributed by atoms with van der Waals surface area (Å²) < 4.78 is 26.4. The molecular weight excluding hydrogens is 295 g/mol. The Bertz CT molecular complexity index is 544. The van der Waals surface area contributed by atoms with Gasteiger partial charge in [0.05, 0.1) is 14.9 Å². The number of likely N-dealkylation sites (N-methyl/N-ethyl adjacent to an activating group) is 1. The lowest BCUT2D eigenvalue weighted by atomic mass is 10.2. The fourth-order valence-electron chi connectivity index (χ4n) is 1.87. The van der Waals surface area contributed by atoms with E-state index < -0.39 is 10.0 Å². The lowest BCUT2D eigenvalue weighted by molar-refractivity contribution is 0.249. The second kappa shape index (κ2) is 5.35. The first-order valence-corrected chi connectivity index (χ1v) is 7.84. The molecule has 0 spiro atoms. The van der Waals surface area contributed by atoms with E-state index in [1.165, 1.54) is 22.5 Å². The summed E-state index contributed by atoms with van der Waals surface area (Å²) in [7, 11) is -3.50. The molecule has 0 unspecified atom stereocenters. The van der Waals surface area contributed by atoms with Crippen molar-refractivity contribution in [2.75, 3.05) is 19.6 Å². The van der Waals surface area contributed by atoms with Crippen LogP contribution < -0.4 is 5.32 Å². The third-order valence-electron chi connectivity index (χ3n) is 2.98. The van der Waals surface area contributed by atoms with Gasteiger partial charge >= 0.3 is 0 Å². The fraction of sp³-hybridized carbons (Fsp3) is 0.455. The molecule has 100 valence electrons. The summed E-state index contributed by atoms with van der Waals surface area (Å²) in [5.41, 5.74) is 0. The Labute approximate surface area is 117 Å². The van der Waals surface area contributed by atoms with Crippen LogP contribution in [-0.2, 0) is 10.0 Å². The van der Waals surface area contributed by atoms with E-state index in [9.17, 15) is 8.42 Å². The maximum absolute atomic E-state index is 12.5. The van der Waals surface area contributed by atoms with Crippen LogP contribution in [0, 0.1) is 0 Å². The molecule has 0 atom stereocenters. The topological polar surface area (TPSA) is 49.4 Å². The van der Waals surface area contributed by atoms with Gasteiger partial charge in [-0.1, -0.05) is 30.1 Å². The van der Waals surface area contributed by atoms with Crippen LogP contribution in [0.1, 0.15) is 6.92 Å². The molecule has 7 heteroatoms. The second-order valence-corrected chi connectivity index (χ2v) is 6.80. The van der Waals surface area contributed by atoms with Gasteiger partial charge in [-0.3, -0.25) is 0 Å². The van der Waals surface area contributed by atoms with Crippen LogP contribution in [0.3, 0.4) is 0 Å². The predicted molar refractivity (Wildman–Crippen MR) is 72.7 cm³/mol. The van der Waals surface area contributed by atoms with Crippen molar-refractivity contribution in [3.05, 3.63) is 28.2 Å². The molecule has 1 saturated heterocycles. The van der Waals surface area contributed by atoms with Crippen LogP contribution in [0.2, 0.25) is 10.0 Å². The summed E-state index contributed by atoms with van der Waals surface area (Å²) in [5.74, 6) is 0. The first-order chi connectivity index (χ1) is 8.46. The van der Waals surface area contributed by atoms with E-state index in [0.29, 0.717) is 24.7 Å². The minimum absolute atomic E-state index is 0.0226. The van der Waals surface area contributed by atoms with E-state index in [2.05, 4.69) is 5.32 Å². The van der Waals surface area contributed by atoms with Crippen LogP contribution >= 0.6 is 23.2 Å². The maximum Gasteiger partial charge on any atom is 0.243 e. The van der Waals surface area contributed by atoms with Gasteiger partial charge in [-0.15, -0.1) is 0 Å². The number of hydrogen-bond acceptors (Lipinski definition) is 3. The van der Waals surface area contributed by atoms with Gasteiger partial charge in [0.1, 0.15) is 0 Å². The number of hydrogen-bond donors (Lipinski definition) is 1. The monoisotopic (exact) mass is 308 g/mol. The van der Waals surface area contributed by atoms with Gasteiger partial charge in [0, 0.05) is 25.7 Å². The highest BCUT2D eigenvalue weighted by Crippen LogP contribution is 2.27. The average Bonchev–Trinajstić information content (AvgIpc) is 2.26. The van der Waals surface area contributed by atoms with Crippen molar-refractivity contribution in [3.8, 4) is 0 Å². The molecule has 0 aliphatic carbocycles. The molecule has 2 rings (SSSR count). The Hall–Kier alpha value is -0.330. The Balaban J connectivity index is 2.36. The zero-order valence-corrected chi connectivity index (χ0v) is 12.2. The first kappa shape index (κ1) is 14.1. The van der Waals surface area contributed by atoms with Crippen LogP contribution in [0.4, 0.5) is 0 Å². The highest BCUT2D eigenvalue weighted by atomic mass is 35.5. The Morgan fingerprint density at radius 3 is 2.44 bits per heavy atom. The SMILES string of the molecule is CCN(C1CNC1)S(=O)(=O)c1ccc(Cl)c(Cl)c1. The molecule has 0 radical (unpaired) electrons. The summed E-state index contributed by atoms with van der Waals surface area (Å²) in [6.07, 6.45) is 0. The first-order valence-electron chi connectivity index (χ1n) is 5.64. The van der Waals surface area contributed by atoms with Crippen molar-refractivity contribution in [1.82, 2.24) is 9.62 Å². The van der Waals surface area contributed by atoms with Gasteiger partial charge < -0.3 is 5.32 Å². The molecule has 1 aliphatic rings. The molecule has 1 aromatic rings. The van der Waals surface area contributed by atoms with Crippen molar-refractivity contribution in [2.45, 2.75) is 17.9 Å². The largest absolute Gasteiger partial charge is 0.313 e. The zero-order valence-electron chi connectivity index (χ0n) is 9.86. The van der Waals surface area contributed by atoms with Crippen LogP contribution in [0.5, 0.6) is 0 Å². The van der Waals surface area contributed by atoms with Gasteiger partial charge in [-0.25, -0.2) is 8.42 Å². The minimum Gasteiger partial charge on any atom is -0.313 e. The number of sulfonamides is 1. The van der Waals surface area contributed by atoms with Crippen LogP contribution in [0.25, 0.3) is 0 Å². The molecule has 18 heavy (non-hydrogen) atoms. The molecule has 0 aromatic heterocycles. The lowest BCUT2D eigenvalue weighted by Crippen LogP contribution is -2.58. The van der Waals surface area contributed by atoms with Gasteiger partial charge in [0.25, 0.3) is 0 Å². The standard InChI is InChI=1S/C11H14Cl2N2O2S/c1-2-15(8-6-14-7-8)18(16,17)9-3-4-10(12)11(13)5-9/h3-5,8,14H,2,6-7H2,1H3. The normalized spacial score (nSPS) is 16.9. The van der Waals surface area contributed by atoms with Crippen LogP contribution in [0.15, 0.2) is 23.1 Å². The molecule has 1 aliphatic heterocycles. The number of benzene rings is 1. The molecule has 1 fully saturated rings. The fourth-order valence-corrected chi connectivity index (χ4v) is 3.90. The number of nitrogens with zero attached hydrogens (tertiary/aromatic N) is 1.